The maximum absolute atomic E-state index is 4.52. The van der Waals surface area contributed by atoms with Crippen LogP contribution in [0.4, 0.5) is 17.3 Å². The van der Waals surface area contributed by atoms with E-state index in [-0.39, 0.29) is 0 Å². The molecule has 1 aliphatic rings. The Balaban J connectivity index is 1.82. The fourth-order valence-electron chi connectivity index (χ4n) is 3.39. The Morgan fingerprint density at radius 1 is 1.17 bits per heavy atom. The fourth-order valence-corrected chi connectivity index (χ4v) is 3.39. The number of nitrogens with one attached hydrogen (secondary N) is 1. The highest BCUT2D eigenvalue weighted by Crippen LogP contribution is 2.27. The molecular weight excluding hydrogens is 284 g/mol. The summed E-state index contributed by atoms with van der Waals surface area (Å²) in [6.45, 7) is 5.53. The third-order valence-electron chi connectivity index (χ3n) is 4.71. The van der Waals surface area contributed by atoms with E-state index < -0.39 is 0 Å². The standard InChI is InChI=1S/C19H26N4/c1-3-15-9-5-6-11-17(15)22-18-13-19(21-14-20-18)23-12-8-7-10-16(23)4-2/h5-6,9,11,13-14,16H,3-4,7-8,10,12H2,1-2H3,(H,20,21,22). The minimum absolute atomic E-state index is 0.606. The van der Waals surface area contributed by atoms with Crippen molar-refractivity contribution in [3.63, 3.8) is 0 Å². The van der Waals surface area contributed by atoms with E-state index in [2.05, 4.69) is 64.4 Å². The van der Waals surface area contributed by atoms with E-state index >= 15 is 0 Å². The smallest absolute Gasteiger partial charge is 0.135 e. The summed E-state index contributed by atoms with van der Waals surface area (Å²) in [6, 6.07) is 11.1. The summed E-state index contributed by atoms with van der Waals surface area (Å²) >= 11 is 0. The number of piperidine rings is 1. The summed E-state index contributed by atoms with van der Waals surface area (Å²) in [6.07, 6.45) is 7.70. The SMILES string of the molecule is CCc1ccccc1Nc1cc(N2CCCCC2CC)ncn1. The van der Waals surface area contributed by atoms with Crippen LogP contribution < -0.4 is 10.2 Å². The van der Waals surface area contributed by atoms with Crippen LogP contribution in [0.1, 0.15) is 45.1 Å². The first-order chi connectivity index (χ1) is 11.3. The van der Waals surface area contributed by atoms with Gasteiger partial charge in [0.15, 0.2) is 0 Å². The van der Waals surface area contributed by atoms with Gasteiger partial charge in [-0.15, -0.1) is 0 Å². The van der Waals surface area contributed by atoms with E-state index in [4.69, 9.17) is 0 Å². The molecule has 1 aromatic carbocycles. The minimum Gasteiger partial charge on any atom is -0.353 e. The molecule has 1 N–H and O–H groups in total. The third kappa shape index (κ3) is 3.63. The van der Waals surface area contributed by atoms with Crippen molar-refractivity contribution in [2.45, 2.75) is 52.0 Å². The molecule has 0 saturated carbocycles. The lowest BCUT2D eigenvalue weighted by Crippen LogP contribution is -2.39. The lowest BCUT2D eigenvalue weighted by molar-refractivity contribution is 0.446. The van der Waals surface area contributed by atoms with Crippen LogP contribution in [-0.2, 0) is 6.42 Å². The van der Waals surface area contributed by atoms with Crippen molar-refractivity contribution in [1.82, 2.24) is 9.97 Å². The molecule has 0 spiro atoms. The average Bonchev–Trinajstić information content (AvgIpc) is 2.62. The van der Waals surface area contributed by atoms with E-state index in [1.54, 1.807) is 6.33 Å². The molecule has 4 nitrogen and oxygen atoms in total. The largest absolute Gasteiger partial charge is 0.353 e. The van der Waals surface area contributed by atoms with Gasteiger partial charge in [-0.25, -0.2) is 9.97 Å². The molecule has 1 fully saturated rings. The number of nitrogens with zero attached hydrogens (tertiary/aromatic N) is 3. The van der Waals surface area contributed by atoms with Gasteiger partial charge in [0.25, 0.3) is 0 Å². The van der Waals surface area contributed by atoms with Gasteiger partial charge >= 0.3 is 0 Å². The molecule has 1 aromatic heterocycles. The van der Waals surface area contributed by atoms with Gasteiger partial charge in [-0.2, -0.15) is 0 Å². The molecule has 4 heteroatoms. The molecular formula is C19H26N4. The number of hydrogen-bond acceptors (Lipinski definition) is 4. The van der Waals surface area contributed by atoms with Crippen molar-refractivity contribution in [2.24, 2.45) is 0 Å². The molecule has 23 heavy (non-hydrogen) atoms. The first kappa shape index (κ1) is 15.8. The molecule has 1 unspecified atom stereocenters. The topological polar surface area (TPSA) is 41.0 Å². The van der Waals surface area contributed by atoms with Crippen LogP contribution in [0.5, 0.6) is 0 Å². The second kappa shape index (κ2) is 7.44. The van der Waals surface area contributed by atoms with Gasteiger partial charge in [0, 0.05) is 24.3 Å². The average molecular weight is 310 g/mol. The van der Waals surface area contributed by atoms with Gasteiger partial charge in [-0.1, -0.05) is 32.0 Å². The zero-order valence-corrected chi connectivity index (χ0v) is 14.1. The van der Waals surface area contributed by atoms with Gasteiger partial charge < -0.3 is 10.2 Å². The molecule has 2 heterocycles. The predicted octanol–water partition coefficient (Wildman–Crippen LogP) is 4.55. The molecule has 122 valence electrons. The van der Waals surface area contributed by atoms with Gasteiger partial charge in [-0.3, -0.25) is 0 Å². The normalized spacial score (nSPS) is 18.0. The summed E-state index contributed by atoms with van der Waals surface area (Å²) in [4.78, 5) is 11.4. The van der Waals surface area contributed by atoms with Crippen molar-refractivity contribution < 1.29 is 0 Å². The lowest BCUT2D eigenvalue weighted by Gasteiger charge is -2.36. The van der Waals surface area contributed by atoms with Crippen molar-refractivity contribution in [3.8, 4) is 0 Å². The first-order valence-electron chi connectivity index (χ1n) is 8.75. The maximum Gasteiger partial charge on any atom is 0.135 e. The molecule has 0 amide bonds. The Morgan fingerprint density at radius 3 is 2.87 bits per heavy atom. The van der Waals surface area contributed by atoms with Gasteiger partial charge in [0.05, 0.1) is 0 Å². The van der Waals surface area contributed by atoms with Crippen molar-refractivity contribution in [3.05, 3.63) is 42.2 Å². The van der Waals surface area contributed by atoms with Crippen molar-refractivity contribution in [2.75, 3.05) is 16.8 Å². The Bertz CT molecular complexity index is 641. The summed E-state index contributed by atoms with van der Waals surface area (Å²) in [5, 5.41) is 3.46. The number of para-hydroxylation sites is 1. The number of benzene rings is 1. The number of anilines is 3. The highest BCUT2D eigenvalue weighted by molar-refractivity contribution is 5.62. The molecule has 2 aromatic rings. The third-order valence-corrected chi connectivity index (χ3v) is 4.71. The summed E-state index contributed by atoms with van der Waals surface area (Å²) < 4.78 is 0. The van der Waals surface area contributed by atoms with Crippen LogP contribution in [0, 0.1) is 0 Å². The van der Waals surface area contributed by atoms with Gasteiger partial charge in [0.1, 0.15) is 18.0 Å². The van der Waals surface area contributed by atoms with Crippen LogP contribution in [0.15, 0.2) is 36.7 Å². The molecule has 1 atom stereocenters. The number of aromatic nitrogens is 2. The zero-order chi connectivity index (χ0) is 16.1. The lowest BCUT2D eigenvalue weighted by atomic mass is 10.0. The molecule has 1 aliphatic heterocycles. The van der Waals surface area contributed by atoms with E-state index in [0.29, 0.717) is 6.04 Å². The van der Waals surface area contributed by atoms with Crippen LogP contribution in [0.2, 0.25) is 0 Å². The Labute approximate surface area is 139 Å². The molecule has 0 aliphatic carbocycles. The van der Waals surface area contributed by atoms with Crippen LogP contribution in [-0.4, -0.2) is 22.6 Å². The minimum atomic E-state index is 0.606. The molecule has 1 saturated heterocycles. The highest BCUT2D eigenvalue weighted by Gasteiger charge is 2.22. The van der Waals surface area contributed by atoms with E-state index in [1.165, 1.54) is 31.2 Å². The Morgan fingerprint density at radius 2 is 2.04 bits per heavy atom. The van der Waals surface area contributed by atoms with E-state index in [9.17, 15) is 0 Å². The fraction of sp³-hybridized carbons (Fsp3) is 0.474. The summed E-state index contributed by atoms with van der Waals surface area (Å²) in [7, 11) is 0. The maximum atomic E-state index is 4.52. The number of hydrogen-bond donors (Lipinski definition) is 1. The van der Waals surface area contributed by atoms with Crippen molar-refractivity contribution >= 4 is 17.3 Å². The molecule has 0 radical (unpaired) electrons. The monoisotopic (exact) mass is 310 g/mol. The molecule has 0 bridgehead atoms. The highest BCUT2D eigenvalue weighted by atomic mass is 15.2. The Hall–Kier alpha value is -2.10. The summed E-state index contributed by atoms with van der Waals surface area (Å²) in [5.41, 5.74) is 2.43. The van der Waals surface area contributed by atoms with E-state index in [0.717, 1.165) is 30.3 Å². The Kier molecular flexibility index (Phi) is 5.11. The quantitative estimate of drug-likeness (QED) is 0.879. The first-order valence-corrected chi connectivity index (χ1v) is 8.75. The second-order valence-electron chi connectivity index (χ2n) is 6.15. The predicted molar refractivity (Wildman–Crippen MR) is 96.4 cm³/mol. The van der Waals surface area contributed by atoms with E-state index in [1.807, 2.05) is 0 Å². The number of rotatable bonds is 5. The summed E-state index contributed by atoms with van der Waals surface area (Å²) in [5.74, 6) is 1.92. The van der Waals surface area contributed by atoms with Gasteiger partial charge in [-0.05, 0) is 43.7 Å². The molecule has 3 rings (SSSR count). The van der Waals surface area contributed by atoms with Crippen LogP contribution in [0.25, 0.3) is 0 Å². The van der Waals surface area contributed by atoms with Crippen LogP contribution in [0.3, 0.4) is 0 Å². The number of aryl methyl sites for hydroxylation is 1. The zero-order valence-electron chi connectivity index (χ0n) is 14.1. The second-order valence-corrected chi connectivity index (χ2v) is 6.15. The van der Waals surface area contributed by atoms with Crippen molar-refractivity contribution in [1.29, 1.82) is 0 Å². The van der Waals surface area contributed by atoms with Crippen LogP contribution >= 0.6 is 0 Å². The van der Waals surface area contributed by atoms with Gasteiger partial charge in [0.2, 0.25) is 0 Å².